The topological polar surface area (TPSA) is 76.7 Å². The van der Waals surface area contributed by atoms with E-state index < -0.39 is 0 Å². The molecule has 0 unspecified atom stereocenters. The first-order valence-electron chi connectivity index (χ1n) is 10.4. The van der Waals surface area contributed by atoms with Crippen LogP contribution in [0.2, 0.25) is 0 Å². The highest BCUT2D eigenvalue weighted by molar-refractivity contribution is 6.00. The summed E-state index contributed by atoms with van der Waals surface area (Å²) < 4.78 is 11.1. The molecule has 0 saturated carbocycles. The fourth-order valence-corrected chi connectivity index (χ4v) is 3.10. The number of benzene rings is 2. The summed E-state index contributed by atoms with van der Waals surface area (Å²) >= 11 is 0. The zero-order valence-electron chi connectivity index (χ0n) is 18.3. The number of hydrogen-bond acceptors (Lipinski definition) is 4. The third-order valence-corrected chi connectivity index (χ3v) is 4.84. The number of para-hydroxylation sites is 1. The largest absolute Gasteiger partial charge is 0.493 e. The van der Waals surface area contributed by atoms with Gasteiger partial charge in [-0.05, 0) is 49.6 Å². The first-order chi connectivity index (χ1) is 14.5. The lowest BCUT2D eigenvalue weighted by atomic mass is 10.1. The third-order valence-electron chi connectivity index (χ3n) is 4.84. The summed E-state index contributed by atoms with van der Waals surface area (Å²) in [4.78, 5) is 24.7. The molecule has 0 aliphatic carbocycles. The maximum Gasteiger partial charge on any atom is 0.251 e. The van der Waals surface area contributed by atoms with Crippen LogP contribution in [-0.4, -0.2) is 32.1 Å². The lowest BCUT2D eigenvalue weighted by molar-refractivity contribution is -0.115. The number of amides is 2. The highest BCUT2D eigenvalue weighted by Crippen LogP contribution is 2.28. The number of nitrogens with one attached hydrogen (secondary N) is 2. The summed E-state index contributed by atoms with van der Waals surface area (Å²) in [5, 5.41) is 5.50. The van der Waals surface area contributed by atoms with Gasteiger partial charge in [0.15, 0.2) is 11.5 Å². The van der Waals surface area contributed by atoms with Crippen molar-refractivity contribution in [1.82, 2.24) is 5.32 Å². The Morgan fingerprint density at radius 1 is 0.967 bits per heavy atom. The van der Waals surface area contributed by atoms with Gasteiger partial charge in [0.05, 0.1) is 20.3 Å². The van der Waals surface area contributed by atoms with Gasteiger partial charge in [-0.1, -0.05) is 44.4 Å². The van der Waals surface area contributed by atoms with Crippen molar-refractivity contribution < 1.29 is 19.1 Å². The van der Waals surface area contributed by atoms with Crippen LogP contribution < -0.4 is 20.1 Å². The van der Waals surface area contributed by atoms with Crippen molar-refractivity contribution in [3.8, 4) is 11.5 Å². The summed E-state index contributed by atoms with van der Waals surface area (Å²) in [5.41, 5.74) is 3.14. The smallest absolute Gasteiger partial charge is 0.251 e. The first-order valence-corrected chi connectivity index (χ1v) is 10.4. The lowest BCUT2D eigenvalue weighted by Crippen LogP contribution is -2.33. The maximum atomic E-state index is 12.5. The number of anilines is 1. The monoisotopic (exact) mass is 412 g/mol. The van der Waals surface area contributed by atoms with Gasteiger partial charge in [-0.25, -0.2) is 0 Å². The lowest BCUT2D eigenvalue weighted by Gasteiger charge is -2.13. The van der Waals surface area contributed by atoms with Crippen LogP contribution in [0.25, 0.3) is 0 Å². The quantitative estimate of drug-likeness (QED) is 0.527. The summed E-state index contributed by atoms with van der Waals surface area (Å²) in [5.74, 6) is 0.482. The molecule has 0 radical (unpaired) electrons. The predicted molar refractivity (Wildman–Crippen MR) is 120 cm³/mol. The van der Waals surface area contributed by atoms with Crippen LogP contribution in [0.5, 0.6) is 11.5 Å². The average molecular weight is 413 g/mol. The number of aryl methyl sites for hydroxylation is 2. The highest BCUT2D eigenvalue weighted by Gasteiger charge is 2.13. The second-order valence-electron chi connectivity index (χ2n) is 7.27. The highest BCUT2D eigenvalue weighted by atomic mass is 16.5. The molecule has 2 aromatic carbocycles. The molecule has 0 saturated heterocycles. The number of ether oxygens (including phenoxy) is 2. The minimum absolute atomic E-state index is 0.120. The van der Waals surface area contributed by atoms with Gasteiger partial charge in [0.2, 0.25) is 5.91 Å². The molecule has 0 aliphatic heterocycles. The number of methoxy groups -OCH3 is 1. The Morgan fingerprint density at radius 3 is 2.37 bits per heavy atom. The molecule has 0 aliphatic rings. The zero-order valence-corrected chi connectivity index (χ0v) is 18.3. The molecule has 0 bridgehead atoms. The van der Waals surface area contributed by atoms with Crippen LogP contribution in [-0.2, 0) is 4.79 Å². The van der Waals surface area contributed by atoms with E-state index in [0.29, 0.717) is 23.7 Å². The van der Waals surface area contributed by atoms with E-state index in [0.717, 1.165) is 29.7 Å². The molecule has 0 spiro atoms. The summed E-state index contributed by atoms with van der Waals surface area (Å²) in [6, 6.07) is 10.8. The molecule has 162 valence electrons. The SMILES string of the molecule is CCCCCCOc1ccc(C(=O)NCC(=O)Nc2c(C)cccc2C)cc1OC. The second kappa shape index (κ2) is 11.9. The minimum atomic E-state index is -0.348. The second-order valence-corrected chi connectivity index (χ2v) is 7.27. The van der Waals surface area contributed by atoms with Gasteiger partial charge in [0, 0.05) is 11.3 Å². The molecular weight excluding hydrogens is 380 g/mol. The van der Waals surface area contributed by atoms with E-state index in [4.69, 9.17) is 9.47 Å². The van der Waals surface area contributed by atoms with E-state index >= 15 is 0 Å². The summed E-state index contributed by atoms with van der Waals surface area (Å²) in [7, 11) is 1.54. The Labute approximate surface area is 179 Å². The molecule has 0 heterocycles. The molecule has 0 aromatic heterocycles. The number of rotatable bonds is 11. The number of hydrogen-bond donors (Lipinski definition) is 2. The molecule has 0 fully saturated rings. The van der Waals surface area contributed by atoms with Gasteiger partial charge >= 0.3 is 0 Å². The third kappa shape index (κ3) is 6.79. The Kier molecular flexibility index (Phi) is 9.19. The predicted octanol–water partition coefficient (Wildman–Crippen LogP) is 4.64. The van der Waals surface area contributed by atoms with Gasteiger partial charge in [-0.15, -0.1) is 0 Å². The van der Waals surface area contributed by atoms with E-state index in [9.17, 15) is 9.59 Å². The fourth-order valence-electron chi connectivity index (χ4n) is 3.10. The van der Waals surface area contributed by atoms with Gasteiger partial charge in [-0.3, -0.25) is 9.59 Å². The maximum absolute atomic E-state index is 12.5. The fraction of sp³-hybridized carbons (Fsp3) is 0.417. The molecule has 0 atom stereocenters. The molecule has 2 rings (SSSR count). The number of unbranched alkanes of at least 4 members (excludes halogenated alkanes) is 3. The Morgan fingerprint density at radius 2 is 1.70 bits per heavy atom. The van der Waals surface area contributed by atoms with E-state index in [1.54, 1.807) is 25.3 Å². The van der Waals surface area contributed by atoms with Crippen molar-refractivity contribution in [3.63, 3.8) is 0 Å². The molecule has 30 heavy (non-hydrogen) atoms. The molecule has 2 amide bonds. The van der Waals surface area contributed by atoms with Crippen molar-refractivity contribution >= 4 is 17.5 Å². The normalized spacial score (nSPS) is 10.4. The van der Waals surface area contributed by atoms with Gasteiger partial charge in [-0.2, -0.15) is 0 Å². The first kappa shape index (κ1) is 23.3. The van der Waals surface area contributed by atoms with Gasteiger partial charge in [0.25, 0.3) is 5.91 Å². The van der Waals surface area contributed by atoms with Crippen molar-refractivity contribution in [3.05, 3.63) is 53.1 Å². The van der Waals surface area contributed by atoms with Crippen LogP contribution in [0.1, 0.15) is 54.1 Å². The summed E-state index contributed by atoms with van der Waals surface area (Å²) in [6.45, 7) is 6.52. The van der Waals surface area contributed by atoms with Crippen LogP contribution in [0, 0.1) is 13.8 Å². The number of carbonyl (C=O) groups excluding carboxylic acids is 2. The zero-order chi connectivity index (χ0) is 21.9. The molecule has 2 aromatic rings. The Hall–Kier alpha value is -3.02. The Bertz CT molecular complexity index is 844. The van der Waals surface area contributed by atoms with Crippen molar-refractivity contribution in [2.24, 2.45) is 0 Å². The van der Waals surface area contributed by atoms with Crippen LogP contribution in [0.4, 0.5) is 5.69 Å². The van der Waals surface area contributed by atoms with Gasteiger partial charge < -0.3 is 20.1 Å². The van der Waals surface area contributed by atoms with E-state index in [2.05, 4.69) is 17.6 Å². The van der Waals surface area contributed by atoms with Crippen molar-refractivity contribution in [1.29, 1.82) is 0 Å². The van der Waals surface area contributed by atoms with Crippen LogP contribution in [0.15, 0.2) is 36.4 Å². The standard InChI is InChI=1S/C24H32N2O4/c1-5-6-7-8-14-30-20-13-12-19(15-21(20)29-4)24(28)25-16-22(27)26-23-17(2)10-9-11-18(23)3/h9-13,15H,5-8,14,16H2,1-4H3,(H,25,28)(H,26,27). The number of carbonyl (C=O) groups is 2. The molecule has 2 N–H and O–H groups in total. The van der Waals surface area contributed by atoms with Crippen LogP contribution >= 0.6 is 0 Å². The Balaban J connectivity index is 1.90. The van der Waals surface area contributed by atoms with E-state index in [1.165, 1.54) is 12.8 Å². The van der Waals surface area contributed by atoms with Crippen LogP contribution in [0.3, 0.4) is 0 Å². The van der Waals surface area contributed by atoms with E-state index in [1.807, 2.05) is 32.0 Å². The van der Waals surface area contributed by atoms with Gasteiger partial charge in [0.1, 0.15) is 0 Å². The minimum Gasteiger partial charge on any atom is -0.493 e. The molecule has 6 heteroatoms. The molecule has 6 nitrogen and oxygen atoms in total. The van der Waals surface area contributed by atoms with Crippen molar-refractivity contribution in [2.45, 2.75) is 46.5 Å². The van der Waals surface area contributed by atoms with Crippen molar-refractivity contribution in [2.75, 3.05) is 25.6 Å². The summed E-state index contributed by atoms with van der Waals surface area (Å²) in [6.07, 6.45) is 4.48. The molecular formula is C24H32N2O4. The van der Waals surface area contributed by atoms with E-state index in [-0.39, 0.29) is 18.4 Å². The average Bonchev–Trinajstić information content (AvgIpc) is 2.74.